The lowest BCUT2D eigenvalue weighted by Gasteiger charge is -2.22. The van der Waals surface area contributed by atoms with E-state index in [4.69, 9.17) is 0 Å². The molecule has 0 spiro atoms. The number of hydrogen-bond acceptors (Lipinski definition) is 5. The molecule has 21 heavy (non-hydrogen) atoms. The summed E-state index contributed by atoms with van der Waals surface area (Å²) in [5, 5.41) is 15.0. The van der Waals surface area contributed by atoms with Crippen LogP contribution in [0.5, 0.6) is 0 Å². The van der Waals surface area contributed by atoms with Crippen molar-refractivity contribution in [2.45, 2.75) is 51.6 Å². The van der Waals surface area contributed by atoms with E-state index in [0.717, 1.165) is 0 Å². The van der Waals surface area contributed by atoms with Crippen LogP contribution < -0.4 is 10.6 Å². The summed E-state index contributed by atoms with van der Waals surface area (Å²) >= 11 is 0. The number of nitrogens with one attached hydrogen (secondary N) is 2. The summed E-state index contributed by atoms with van der Waals surface area (Å²) in [6.07, 6.45) is 1.91. The number of amides is 1. The van der Waals surface area contributed by atoms with E-state index in [-0.39, 0.29) is 29.7 Å². The molecule has 0 aromatic rings. The Morgan fingerprint density at radius 1 is 1.10 bits per heavy atom. The number of carbonyl (C=O) groups excluding carboxylic acids is 2. The van der Waals surface area contributed by atoms with Gasteiger partial charge in [-0.3, -0.25) is 9.59 Å². The van der Waals surface area contributed by atoms with Gasteiger partial charge >= 0.3 is 5.97 Å². The second kappa shape index (κ2) is 9.85. The van der Waals surface area contributed by atoms with Crippen molar-refractivity contribution in [2.75, 3.05) is 7.11 Å². The van der Waals surface area contributed by atoms with Crippen molar-refractivity contribution in [2.24, 2.45) is 0 Å². The average Bonchev–Trinajstić information content (AvgIpc) is 2.42. The van der Waals surface area contributed by atoms with Gasteiger partial charge in [0.25, 0.3) is 0 Å². The minimum absolute atomic E-state index is 0.0116. The van der Waals surface area contributed by atoms with Gasteiger partial charge < -0.3 is 20.5 Å². The van der Waals surface area contributed by atoms with Crippen molar-refractivity contribution in [3.63, 3.8) is 0 Å². The predicted molar refractivity (Wildman–Crippen MR) is 81.6 cm³/mol. The summed E-state index contributed by atoms with van der Waals surface area (Å²) in [5.74, 6) is -0.358. The molecule has 0 rings (SSSR count). The molecule has 0 saturated carbocycles. The molecule has 0 saturated heterocycles. The first-order chi connectivity index (χ1) is 9.77. The zero-order chi connectivity index (χ0) is 16.4. The monoisotopic (exact) mass is 298 g/mol. The fourth-order valence-corrected chi connectivity index (χ4v) is 1.54. The lowest BCUT2D eigenvalue weighted by atomic mass is 10.1. The average molecular weight is 298 g/mol. The van der Waals surface area contributed by atoms with E-state index >= 15 is 0 Å². The van der Waals surface area contributed by atoms with Gasteiger partial charge in [-0.1, -0.05) is 13.2 Å². The first-order valence-corrected chi connectivity index (χ1v) is 6.97. The number of methoxy groups -OCH3 is 1. The Labute approximate surface area is 126 Å². The number of ether oxygens (including phenoxy) is 1. The lowest BCUT2D eigenvalue weighted by molar-refractivity contribution is -0.140. The van der Waals surface area contributed by atoms with Crippen molar-refractivity contribution in [3.05, 3.63) is 24.6 Å². The van der Waals surface area contributed by atoms with Gasteiger partial charge in [0.15, 0.2) is 0 Å². The van der Waals surface area contributed by atoms with E-state index in [1.54, 1.807) is 13.8 Å². The topological polar surface area (TPSA) is 87.7 Å². The summed E-state index contributed by atoms with van der Waals surface area (Å²) < 4.78 is 4.52. The normalized spacial score (nSPS) is 12.9. The van der Waals surface area contributed by atoms with E-state index in [1.807, 2.05) is 0 Å². The Balaban J connectivity index is 3.95. The molecule has 0 aliphatic carbocycles. The molecule has 0 unspecified atom stereocenters. The number of aliphatic hydroxyl groups is 1. The van der Waals surface area contributed by atoms with Crippen molar-refractivity contribution in [1.82, 2.24) is 10.6 Å². The minimum atomic E-state index is -0.322. The van der Waals surface area contributed by atoms with Crippen molar-refractivity contribution in [3.8, 4) is 0 Å². The summed E-state index contributed by atoms with van der Waals surface area (Å²) in [7, 11) is 1.34. The molecule has 6 nitrogen and oxygen atoms in total. The Morgan fingerprint density at radius 3 is 2.19 bits per heavy atom. The molecule has 0 bridgehead atoms. The van der Waals surface area contributed by atoms with Crippen LogP contribution in [0.15, 0.2) is 24.6 Å². The Bertz CT molecular complexity index is 393. The first-order valence-electron chi connectivity index (χ1n) is 6.97. The molecule has 1 amide bonds. The van der Waals surface area contributed by atoms with Gasteiger partial charge in [0.05, 0.1) is 19.2 Å². The molecular formula is C15H26N2O4. The van der Waals surface area contributed by atoms with E-state index in [0.29, 0.717) is 31.4 Å². The number of unbranched alkanes of at least 4 members (excludes halogenated alkanes) is 1. The van der Waals surface area contributed by atoms with Gasteiger partial charge in [-0.2, -0.15) is 0 Å². The van der Waals surface area contributed by atoms with Crippen LogP contribution in [-0.2, 0) is 14.3 Å². The third-order valence-corrected chi connectivity index (χ3v) is 3.06. The predicted octanol–water partition coefficient (Wildman–Crippen LogP) is 1.79. The fourth-order valence-electron chi connectivity index (χ4n) is 1.54. The number of hydrogen-bond donors (Lipinski definition) is 3. The minimum Gasteiger partial charge on any atom is -0.511 e. The molecule has 6 heteroatoms. The maximum Gasteiger partial charge on any atom is 0.305 e. The Morgan fingerprint density at radius 2 is 1.67 bits per heavy atom. The quantitative estimate of drug-likeness (QED) is 0.325. The maximum atomic E-state index is 11.7. The van der Waals surface area contributed by atoms with E-state index in [1.165, 1.54) is 7.11 Å². The van der Waals surface area contributed by atoms with E-state index < -0.39 is 0 Å². The molecule has 0 radical (unpaired) electrons. The van der Waals surface area contributed by atoms with Crippen LogP contribution in [0, 0.1) is 0 Å². The fraction of sp³-hybridized carbons (Fsp3) is 0.600. The highest BCUT2D eigenvalue weighted by Crippen LogP contribution is 2.04. The van der Waals surface area contributed by atoms with Crippen LogP contribution in [0.3, 0.4) is 0 Å². The highest BCUT2D eigenvalue weighted by molar-refractivity contribution is 5.76. The Hall–Kier alpha value is -1.98. The zero-order valence-electron chi connectivity index (χ0n) is 13.1. The van der Waals surface area contributed by atoms with Gasteiger partial charge in [0.1, 0.15) is 5.76 Å². The smallest absolute Gasteiger partial charge is 0.305 e. The SMILES string of the molecule is C=C(O)[C@H](C)NC(=C)[C@H](C)NC(=O)CCCCC(=O)OC. The molecule has 0 fully saturated rings. The molecule has 0 aromatic heterocycles. The summed E-state index contributed by atoms with van der Waals surface area (Å²) in [4.78, 5) is 22.6. The van der Waals surface area contributed by atoms with Crippen molar-refractivity contribution >= 4 is 11.9 Å². The molecule has 3 N–H and O–H groups in total. The van der Waals surface area contributed by atoms with E-state index in [2.05, 4.69) is 28.5 Å². The maximum absolute atomic E-state index is 11.7. The third kappa shape index (κ3) is 8.73. The largest absolute Gasteiger partial charge is 0.511 e. The van der Waals surface area contributed by atoms with Crippen molar-refractivity contribution in [1.29, 1.82) is 0 Å². The molecule has 0 heterocycles. The van der Waals surface area contributed by atoms with Crippen LogP contribution >= 0.6 is 0 Å². The highest BCUT2D eigenvalue weighted by Gasteiger charge is 2.13. The lowest BCUT2D eigenvalue weighted by Crippen LogP contribution is -2.40. The zero-order valence-corrected chi connectivity index (χ0v) is 13.1. The van der Waals surface area contributed by atoms with Gasteiger partial charge in [0.2, 0.25) is 5.91 Å². The molecule has 120 valence electrons. The number of rotatable bonds is 10. The van der Waals surface area contributed by atoms with Crippen LogP contribution in [0.4, 0.5) is 0 Å². The van der Waals surface area contributed by atoms with Crippen LogP contribution in [0.1, 0.15) is 39.5 Å². The van der Waals surface area contributed by atoms with Crippen LogP contribution in [0.25, 0.3) is 0 Å². The standard InChI is InChI=1S/C15H26N2O4/c1-10(16-12(3)13(4)18)11(2)17-14(19)8-6-7-9-15(20)21-5/h11-12,16,18H,1,4,6-9H2,2-3,5H3,(H,17,19)/t11-,12-/m0/s1. The molecule has 2 atom stereocenters. The highest BCUT2D eigenvalue weighted by atomic mass is 16.5. The summed E-state index contributed by atoms with van der Waals surface area (Å²) in [6.45, 7) is 10.8. The van der Waals surface area contributed by atoms with Gasteiger partial charge in [0, 0.05) is 18.5 Å². The number of esters is 1. The Kier molecular flexibility index (Phi) is 8.92. The van der Waals surface area contributed by atoms with Crippen LogP contribution in [0.2, 0.25) is 0 Å². The second-order valence-electron chi connectivity index (χ2n) is 4.96. The summed E-state index contributed by atoms with van der Waals surface area (Å²) in [6, 6.07) is -0.586. The van der Waals surface area contributed by atoms with Gasteiger partial charge in [-0.15, -0.1) is 0 Å². The van der Waals surface area contributed by atoms with E-state index in [9.17, 15) is 14.7 Å². The van der Waals surface area contributed by atoms with Crippen LogP contribution in [-0.4, -0.2) is 36.2 Å². The van der Waals surface area contributed by atoms with Crippen molar-refractivity contribution < 1.29 is 19.4 Å². The second-order valence-corrected chi connectivity index (χ2v) is 4.96. The number of carbonyl (C=O) groups is 2. The molecule has 0 aliphatic heterocycles. The van der Waals surface area contributed by atoms with Gasteiger partial charge in [-0.25, -0.2) is 0 Å². The van der Waals surface area contributed by atoms with Gasteiger partial charge in [-0.05, 0) is 26.7 Å². The molecular weight excluding hydrogens is 272 g/mol. The summed E-state index contributed by atoms with van der Waals surface area (Å²) in [5.41, 5.74) is 0.598. The molecule has 0 aliphatic rings. The first kappa shape index (κ1) is 19.0. The third-order valence-electron chi connectivity index (χ3n) is 3.06. The number of aliphatic hydroxyl groups excluding tert-OH is 1. The molecule has 0 aromatic carbocycles.